The van der Waals surface area contributed by atoms with Crippen molar-refractivity contribution in [1.29, 1.82) is 0 Å². The van der Waals surface area contributed by atoms with Crippen molar-refractivity contribution in [2.24, 2.45) is 0 Å². The summed E-state index contributed by atoms with van der Waals surface area (Å²) in [5, 5.41) is 28.5. The highest BCUT2D eigenvalue weighted by molar-refractivity contribution is 5.96. The summed E-state index contributed by atoms with van der Waals surface area (Å²) in [7, 11) is 0. The molecule has 0 unspecified atom stereocenters. The number of aryl methyl sites for hydroxylation is 2. The standard InChI is InChI=1S/C18H29N.4C15H20N2.C14H23N/c1-13(2)16-11-15-9-7-5-6-8-10-17(15)18(12-16)19-14(3)4;1-10(2)12-7-13-9-16-6-5-14(13)15(8-12)17-11(3)4;1-10(2)13-7-12-5-6-16-9-14(12)15(8-13)17-11(3)4;1-10(2)12-8-14-13(6-5-7-16-14)15(9-12)17-11(3)4;1-10(2)13-8-12-6-5-7-16-15(12)14(9-13)17-11(3)4;1-9(2)13-7-11(5)12(6)14(8-13)15-10(3)4/h11-14,19H,5-10H2,1-4H3;4*5-11,17H,1-4H3;7-10,15H,1-6H3. The molecule has 11 rings (SSSR count). The number of benzene rings is 6. The van der Waals surface area contributed by atoms with Crippen molar-refractivity contribution in [3.8, 4) is 0 Å². The topological polar surface area (TPSA) is 124 Å². The molecule has 550 valence electrons. The molecular formula is C92H132N10. The zero-order chi connectivity index (χ0) is 75.1. The van der Waals surface area contributed by atoms with E-state index in [1.54, 1.807) is 11.1 Å². The number of pyridine rings is 4. The van der Waals surface area contributed by atoms with Crippen LogP contribution in [0.5, 0.6) is 0 Å². The van der Waals surface area contributed by atoms with Gasteiger partial charge in [0.05, 0.1) is 16.7 Å². The maximum atomic E-state index is 4.47. The average molecular weight is 1380 g/mol. The Labute approximate surface area is 618 Å². The van der Waals surface area contributed by atoms with E-state index >= 15 is 0 Å². The Morgan fingerprint density at radius 3 is 1.26 bits per heavy atom. The van der Waals surface area contributed by atoms with E-state index < -0.39 is 0 Å². The van der Waals surface area contributed by atoms with E-state index in [-0.39, 0.29) is 0 Å². The minimum Gasteiger partial charge on any atom is -0.383 e. The minimum atomic E-state index is 0.419. The van der Waals surface area contributed by atoms with E-state index in [9.17, 15) is 0 Å². The molecule has 4 heterocycles. The summed E-state index contributed by atoms with van der Waals surface area (Å²) in [5.41, 5.74) is 23.8. The van der Waals surface area contributed by atoms with Crippen molar-refractivity contribution in [3.05, 3.63) is 202 Å². The van der Waals surface area contributed by atoms with E-state index in [4.69, 9.17) is 0 Å². The van der Waals surface area contributed by atoms with Crippen molar-refractivity contribution in [2.75, 3.05) is 31.9 Å². The predicted octanol–water partition coefficient (Wildman–Crippen LogP) is 26.3. The van der Waals surface area contributed by atoms with Gasteiger partial charge in [-0.05, 0) is 304 Å². The molecule has 0 bridgehead atoms. The second-order valence-electron chi connectivity index (χ2n) is 32.0. The zero-order valence-electron chi connectivity index (χ0n) is 67.8. The molecule has 0 aliphatic heterocycles. The molecule has 0 saturated carbocycles. The average Bonchev–Trinajstić information content (AvgIpc) is 0.727. The van der Waals surface area contributed by atoms with Gasteiger partial charge in [0, 0.05) is 129 Å². The largest absolute Gasteiger partial charge is 0.383 e. The van der Waals surface area contributed by atoms with Gasteiger partial charge in [0.1, 0.15) is 0 Å². The van der Waals surface area contributed by atoms with E-state index in [0.717, 1.165) is 16.7 Å². The van der Waals surface area contributed by atoms with E-state index in [2.05, 4.69) is 329 Å². The predicted molar refractivity (Wildman–Crippen MR) is 452 cm³/mol. The van der Waals surface area contributed by atoms with Crippen LogP contribution in [0.2, 0.25) is 0 Å². The van der Waals surface area contributed by atoms with Gasteiger partial charge in [0.15, 0.2) is 0 Å². The third kappa shape index (κ3) is 25.3. The number of anilines is 6. The molecule has 6 N–H and O–H groups in total. The number of nitrogens with zero attached hydrogens (tertiary/aromatic N) is 4. The van der Waals surface area contributed by atoms with Gasteiger partial charge in [-0.15, -0.1) is 0 Å². The molecule has 1 aliphatic rings. The number of aromatic nitrogens is 4. The van der Waals surface area contributed by atoms with E-state index in [1.165, 1.54) is 144 Å². The summed E-state index contributed by atoms with van der Waals surface area (Å²) >= 11 is 0. The van der Waals surface area contributed by atoms with Gasteiger partial charge in [-0.3, -0.25) is 19.9 Å². The fraction of sp³-hybridized carbons (Fsp3) is 0.478. The van der Waals surface area contributed by atoms with Gasteiger partial charge in [-0.1, -0.05) is 120 Å². The van der Waals surface area contributed by atoms with Crippen molar-refractivity contribution in [1.82, 2.24) is 19.9 Å². The third-order valence-electron chi connectivity index (χ3n) is 18.4. The van der Waals surface area contributed by atoms with Gasteiger partial charge in [-0.25, -0.2) is 0 Å². The van der Waals surface area contributed by atoms with Crippen molar-refractivity contribution >= 4 is 77.5 Å². The monoisotopic (exact) mass is 1380 g/mol. The minimum absolute atomic E-state index is 0.419. The van der Waals surface area contributed by atoms with Crippen molar-refractivity contribution in [2.45, 2.75) is 290 Å². The zero-order valence-corrected chi connectivity index (χ0v) is 67.8. The van der Waals surface area contributed by atoms with Gasteiger partial charge in [-0.2, -0.15) is 0 Å². The molecule has 10 heteroatoms. The lowest BCUT2D eigenvalue weighted by Gasteiger charge is -2.23. The SMILES string of the molecule is CC(C)Nc1cc(C(C)C)cc2c1CCCCCC2.CC(C)Nc1cc(C(C)C)cc2cccnc12.CC(C)Nc1cc(C(C)C)cc2ccncc12.CC(C)Nc1cc(C(C)C)cc2cnccc12.CC(C)Nc1cc(C(C)C)cc2ncccc12.Cc1cc(C(C)C)cc(NC(C)C)c1C. The maximum Gasteiger partial charge on any atom is 0.0933 e. The highest BCUT2D eigenvalue weighted by Crippen LogP contribution is 2.35. The smallest absolute Gasteiger partial charge is 0.0933 e. The van der Waals surface area contributed by atoms with Crippen LogP contribution in [0.25, 0.3) is 43.4 Å². The van der Waals surface area contributed by atoms with Crippen LogP contribution in [-0.4, -0.2) is 56.2 Å². The van der Waals surface area contributed by atoms with Crippen LogP contribution in [0.3, 0.4) is 0 Å². The highest BCUT2D eigenvalue weighted by Gasteiger charge is 2.17. The molecule has 10 aromatic rings. The Bertz CT molecular complexity index is 3820. The fourth-order valence-electron chi connectivity index (χ4n) is 12.6. The molecule has 0 atom stereocenters. The normalized spacial score (nSPS) is 12.3. The Balaban J connectivity index is 0.000000193. The van der Waals surface area contributed by atoms with Gasteiger partial charge in [0.2, 0.25) is 0 Å². The van der Waals surface area contributed by atoms with Gasteiger partial charge >= 0.3 is 0 Å². The quantitative estimate of drug-likeness (QED) is 0.0495. The molecule has 10 nitrogen and oxygen atoms in total. The molecule has 102 heavy (non-hydrogen) atoms. The summed E-state index contributed by atoms with van der Waals surface area (Å²) in [6.45, 7) is 57.3. The molecule has 0 spiro atoms. The summed E-state index contributed by atoms with van der Waals surface area (Å²) in [6.07, 6.45) is 19.3. The summed E-state index contributed by atoms with van der Waals surface area (Å²) < 4.78 is 0. The van der Waals surface area contributed by atoms with Crippen LogP contribution >= 0.6 is 0 Å². The van der Waals surface area contributed by atoms with Crippen LogP contribution in [0, 0.1) is 13.8 Å². The van der Waals surface area contributed by atoms with Crippen LogP contribution in [-0.2, 0) is 12.8 Å². The van der Waals surface area contributed by atoms with E-state index in [1.807, 2.05) is 49.3 Å². The second kappa shape index (κ2) is 40.0. The molecule has 1 aliphatic carbocycles. The lowest BCUT2D eigenvalue weighted by Crippen LogP contribution is -2.14. The maximum absolute atomic E-state index is 4.47. The Kier molecular flexibility index (Phi) is 32.4. The van der Waals surface area contributed by atoms with Crippen LogP contribution in [0.15, 0.2) is 146 Å². The van der Waals surface area contributed by atoms with Crippen LogP contribution in [0.1, 0.15) is 283 Å². The first-order chi connectivity index (χ1) is 48.3. The van der Waals surface area contributed by atoms with Crippen LogP contribution < -0.4 is 31.9 Å². The van der Waals surface area contributed by atoms with E-state index in [0.29, 0.717) is 71.8 Å². The van der Waals surface area contributed by atoms with Crippen LogP contribution in [0.4, 0.5) is 34.1 Å². The van der Waals surface area contributed by atoms with Crippen molar-refractivity contribution in [3.63, 3.8) is 0 Å². The first kappa shape index (κ1) is 82.7. The molecule has 4 aromatic heterocycles. The van der Waals surface area contributed by atoms with Gasteiger partial charge < -0.3 is 31.9 Å². The Hall–Kier alpha value is -8.24. The Morgan fingerprint density at radius 1 is 0.304 bits per heavy atom. The van der Waals surface area contributed by atoms with Crippen molar-refractivity contribution < 1.29 is 0 Å². The fourth-order valence-corrected chi connectivity index (χ4v) is 12.6. The summed E-state index contributed by atoms with van der Waals surface area (Å²) in [4.78, 5) is 17.3. The second-order valence-corrected chi connectivity index (χ2v) is 32.0. The number of rotatable bonds is 18. The first-order valence-electron chi connectivity index (χ1n) is 38.7. The third-order valence-corrected chi connectivity index (χ3v) is 18.4. The molecule has 6 aromatic carbocycles. The lowest BCUT2D eigenvalue weighted by atomic mass is 9.88. The first-order valence-corrected chi connectivity index (χ1v) is 38.7. The summed E-state index contributed by atoms with van der Waals surface area (Å²) in [6, 6.07) is 42.4. The molecule has 0 amide bonds. The molecule has 0 radical (unpaired) electrons. The summed E-state index contributed by atoms with van der Waals surface area (Å²) in [5.74, 6) is 3.34. The number of fused-ring (bicyclic) bond motifs is 5. The molecular weight excluding hydrogens is 1250 g/mol. The lowest BCUT2D eigenvalue weighted by molar-refractivity contribution is 0.616. The Morgan fingerprint density at radius 2 is 0.706 bits per heavy atom. The number of hydrogen-bond acceptors (Lipinski definition) is 10. The number of nitrogens with one attached hydrogen (secondary N) is 6. The number of hydrogen-bond donors (Lipinski definition) is 6. The highest BCUT2D eigenvalue weighted by atomic mass is 14.9. The molecule has 0 fully saturated rings. The van der Waals surface area contributed by atoms with Gasteiger partial charge in [0.25, 0.3) is 0 Å². The molecule has 0 saturated heterocycles.